The van der Waals surface area contributed by atoms with E-state index in [1.165, 1.54) is 6.26 Å². The minimum Gasteiger partial charge on any atom is -0.381 e. The van der Waals surface area contributed by atoms with Gasteiger partial charge in [-0.1, -0.05) is 0 Å². The zero-order valence-corrected chi connectivity index (χ0v) is 9.79. The molecule has 0 unspecified atom stereocenters. The molecule has 0 amide bonds. The quantitative estimate of drug-likeness (QED) is 0.708. The highest BCUT2D eigenvalue weighted by molar-refractivity contribution is 7.88. The van der Waals surface area contributed by atoms with Crippen LogP contribution in [-0.2, 0) is 14.8 Å². The largest absolute Gasteiger partial charge is 0.381 e. The van der Waals surface area contributed by atoms with E-state index >= 15 is 0 Å². The molecule has 0 saturated carbocycles. The van der Waals surface area contributed by atoms with Crippen molar-refractivity contribution in [2.75, 3.05) is 32.6 Å². The molecule has 6 heteroatoms. The molecule has 0 aromatic heterocycles. The van der Waals surface area contributed by atoms with Gasteiger partial charge in [-0.2, -0.15) is 4.31 Å². The molecule has 0 aromatic rings. The Morgan fingerprint density at radius 1 is 1.20 bits per heavy atom. The lowest BCUT2D eigenvalue weighted by molar-refractivity contribution is 0.0432. The average Bonchev–Trinajstić information content (AvgIpc) is 2.10. The fourth-order valence-electron chi connectivity index (χ4n) is 2.23. The van der Waals surface area contributed by atoms with E-state index in [1.807, 2.05) is 0 Å². The number of hydrogen-bond acceptors (Lipinski definition) is 4. The Hall–Kier alpha value is -0.170. The minimum absolute atomic E-state index is 0.140. The first-order valence-corrected chi connectivity index (χ1v) is 7.21. The predicted octanol–water partition coefficient (Wildman–Crippen LogP) is -0.601. The molecule has 2 saturated heterocycles. The Balaban J connectivity index is 2.09. The van der Waals surface area contributed by atoms with Crippen molar-refractivity contribution in [3.8, 4) is 0 Å². The predicted molar refractivity (Wildman–Crippen MR) is 57.2 cm³/mol. The molecule has 5 nitrogen and oxygen atoms in total. The highest BCUT2D eigenvalue weighted by Gasteiger charge is 2.37. The molecule has 15 heavy (non-hydrogen) atoms. The van der Waals surface area contributed by atoms with Crippen LogP contribution in [0.1, 0.15) is 12.8 Å². The smallest absolute Gasteiger partial charge is 0.211 e. The van der Waals surface area contributed by atoms with Crippen molar-refractivity contribution in [1.29, 1.82) is 0 Å². The van der Waals surface area contributed by atoms with Crippen molar-refractivity contribution >= 4 is 10.0 Å². The molecule has 0 atom stereocenters. The van der Waals surface area contributed by atoms with Gasteiger partial charge in [-0.3, -0.25) is 0 Å². The summed E-state index contributed by atoms with van der Waals surface area (Å²) in [6.07, 6.45) is 2.95. The number of nitrogens with zero attached hydrogens (tertiary/aromatic N) is 1. The fourth-order valence-corrected chi connectivity index (χ4v) is 3.68. The zero-order valence-electron chi connectivity index (χ0n) is 8.98. The Morgan fingerprint density at radius 3 is 2.20 bits per heavy atom. The molecule has 0 aliphatic carbocycles. The topological polar surface area (TPSA) is 58.6 Å². The highest BCUT2D eigenvalue weighted by atomic mass is 32.2. The van der Waals surface area contributed by atoms with Crippen LogP contribution >= 0.6 is 0 Å². The normalized spacial score (nSPS) is 25.5. The molecule has 0 spiro atoms. The average molecular weight is 234 g/mol. The molecular weight excluding hydrogens is 216 g/mol. The molecular formula is C9H18N2O3S. The van der Waals surface area contributed by atoms with E-state index in [0.29, 0.717) is 13.2 Å². The number of rotatable bonds is 3. The van der Waals surface area contributed by atoms with Crippen LogP contribution in [-0.4, -0.2) is 57.4 Å². The summed E-state index contributed by atoms with van der Waals surface area (Å²) in [5.74, 6) is 0. The van der Waals surface area contributed by atoms with Gasteiger partial charge in [-0.05, 0) is 12.8 Å². The van der Waals surface area contributed by atoms with E-state index in [2.05, 4.69) is 5.32 Å². The van der Waals surface area contributed by atoms with Crippen LogP contribution in [0, 0.1) is 0 Å². The Kier molecular flexibility index (Phi) is 3.30. The van der Waals surface area contributed by atoms with Gasteiger partial charge in [0.25, 0.3) is 0 Å². The Morgan fingerprint density at radius 2 is 1.80 bits per heavy atom. The third-order valence-electron chi connectivity index (χ3n) is 3.05. The maximum absolute atomic E-state index is 11.7. The van der Waals surface area contributed by atoms with Gasteiger partial charge >= 0.3 is 0 Å². The lowest BCUT2D eigenvalue weighted by atomic mass is 10.1. The van der Waals surface area contributed by atoms with E-state index in [1.54, 1.807) is 4.31 Å². The number of hydrogen-bond donors (Lipinski definition) is 1. The van der Waals surface area contributed by atoms with E-state index in [-0.39, 0.29) is 12.1 Å². The minimum atomic E-state index is -3.09. The van der Waals surface area contributed by atoms with Crippen LogP contribution in [0.4, 0.5) is 0 Å². The van der Waals surface area contributed by atoms with Gasteiger partial charge in [-0.15, -0.1) is 0 Å². The molecule has 2 heterocycles. The lowest BCUT2D eigenvalue weighted by Gasteiger charge is -2.42. The standard InChI is InChI=1S/C9H18N2O3S/c1-15(12,13)11(9-6-10-7-9)8-2-4-14-5-3-8/h8-10H,2-7H2,1H3. The molecule has 0 bridgehead atoms. The summed E-state index contributed by atoms with van der Waals surface area (Å²) in [7, 11) is -3.09. The number of sulfonamides is 1. The van der Waals surface area contributed by atoms with Crippen LogP contribution < -0.4 is 5.32 Å². The Bertz CT molecular complexity index is 307. The highest BCUT2D eigenvalue weighted by Crippen LogP contribution is 2.21. The summed E-state index contributed by atoms with van der Waals surface area (Å²) in [6.45, 7) is 2.92. The molecule has 0 aromatic carbocycles. The maximum atomic E-state index is 11.7. The Labute approximate surface area is 90.8 Å². The second kappa shape index (κ2) is 4.37. The summed E-state index contributed by atoms with van der Waals surface area (Å²) < 4.78 is 30.4. The number of nitrogens with one attached hydrogen (secondary N) is 1. The van der Waals surface area contributed by atoms with Gasteiger partial charge in [0, 0.05) is 38.4 Å². The van der Waals surface area contributed by atoms with Crippen molar-refractivity contribution < 1.29 is 13.2 Å². The first-order valence-electron chi connectivity index (χ1n) is 5.36. The van der Waals surface area contributed by atoms with Crippen LogP contribution in [0.5, 0.6) is 0 Å². The van der Waals surface area contributed by atoms with Gasteiger partial charge < -0.3 is 10.1 Å². The van der Waals surface area contributed by atoms with Crippen molar-refractivity contribution in [1.82, 2.24) is 9.62 Å². The lowest BCUT2D eigenvalue weighted by Crippen LogP contribution is -2.62. The summed E-state index contributed by atoms with van der Waals surface area (Å²) >= 11 is 0. The second-order valence-corrected chi connectivity index (χ2v) is 6.14. The van der Waals surface area contributed by atoms with E-state index in [4.69, 9.17) is 4.74 Å². The van der Waals surface area contributed by atoms with Crippen LogP contribution in [0.25, 0.3) is 0 Å². The van der Waals surface area contributed by atoms with Crippen LogP contribution in [0.2, 0.25) is 0 Å². The van der Waals surface area contributed by atoms with Crippen molar-refractivity contribution in [3.63, 3.8) is 0 Å². The van der Waals surface area contributed by atoms with E-state index in [9.17, 15) is 8.42 Å². The van der Waals surface area contributed by atoms with Crippen molar-refractivity contribution in [2.45, 2.75) is 24.9 Å². The first kappa shape index (κ1) is 11.3. The van der Waals surface area contributed by atoms with Gasteiger partial charge in [-0.25, -0.2) is 8.42 Å². The molecule has 2 fully saturated rings. The molecule has 2 rings (SSSR count). The van der Waals surface area contributed by atoms with Gasteiger partial charge in [0.1, 0.15) is 0 Å². The van der Waals surface area contributed by atoms with Crippen molar-refractivity contribution in [2.24, 2.45) is 0 Å². The van der Waals surface area contributed by atoms with Crippen molar-refractivity contribution in [3.05, 3.63) is 0 Å². The summed E-state index contributed by atoms with van der Waals surface area (Å²) in [6, 6.07) is 0.295. The fraction of sp³-hybridized carbons (Fsp3) is 1.00. The van der Waals surface area contributed by atoms with E-state index in [0.717, 1.165) is 25.9 Å². The third kappa shape index (κ3) is 2.50. The number of ether oxygens (including phenoxy) is 1. The molecule has 2 aliphatic heterocycles. The van der Waals surface area contributed by atoms with Gasteiger partial charge in [0.05, 0.1) is 6.26 Å². The summed E-state index contributed by atoms with van der Waals surface area (Å²) in [5.41, 5.74) is 0. The van der Waals surface area contributed by atoms with E-state index < -0.39 is 10.0 Å². The molecule has 0 radical (unpaired) electrons. The molecule has 88 valence electrons. The molecule has 1 N–H and O–H groups in total. The van der Waals surface area contributed by atoms with Crippen LogP contribution in [0.15, 0.2) is 0 Å². The monoisotopic (exact) mass is 234 g/mol. The maximum Gasteiger partial charge on any atom is 0.211 e. The summed E-state index contributed by atoms with van der Waals surface area (Å²) in [4.78, 5) is 0. The molecule has 2 aliphatic rings. The second-order valence-electron chi connectivity index (χ2n) is 4.25. The van der Waals surface area contributed by atoms with Crippen LogP contribution in [0.3, 0.4) is 0 Å². The third-order valence-corrected chi connectivity index (χ3v) is 4.42. The first-order chi connectivity index (χ1) is 7.09. The van der Waals surface area contributed by atoms with Gasteiger partial charge in [0.15, 0.2) is 0 Å². The van der Waals surface area contributed by atoms with Gasteiger partial charge in [0.2, 0.25) is 10.0 Å². The zero-order chi connectivity index (χ0) is 10.9. The summed E-state index contributed by atoms with van der Waals surface area (Å²) in [5, 5.41) is 3.12. The SMILES string of the molecule is CS(=O)(=O)N(C1CCOCC1)C1CNC1.